The van der Waals surface area contributed by atoms with E-state index in [0.717, 1.165) is 6.08 Å². The second-order valence-corrected chi connectivity index (χ2v) is 8.65. The van der Waals surface area contributed by atoms with E-state index >= 15 is 0 Å². The summed E-state index contributed by atoms with van der Waals surface area (Å²) in [5, 5.41) is 0. The van der Waals surface area contributed by atoms with Gasteiger partial charge in [0.25, 0.3) is 0 Å². The molecule has 0 saturated carbocycles. The van der Waals surface area contributed by atoms with Gasteiger partial charge in [-0.1, -0.05) is 6.08 Å². The predicted octanol–water partition coefficient (Wildman–Crippen LogP) is 3.03. The molecular weight excluding hydrogens is 435 g/mol. The number of carbonyl (C=O) groups is 2. The van der Waals surface area contributed by atoms with E-state index in [9.17, 15) is 14.0 Å². The van der Waals surface area contributed by atoms with Crippen molar-refractivity contribution in [3.8, 4) is 11.5 Å². The molecule has 0 radical (unpaired) electrons. The van der Waals surface area contributed by atoms with Crippen LogP contribution in [0.4, 0.5) is 4.39 Å². The average Bonchev–Trinajstić information content (AvgIpc) is 3.48. The minimum Gasteiger partial charge on any atom is -0.497 e. The van der Waals surface area contributed by atoms with E-state index in [-0.39, 0.29) is 18.1 Å². The fourth-order valence-corrected chi connectivity index (χ4v) is 4.26. The Morgan fingerprint density at radius 1 is 1.12 bits per heavy atom. The van der Waals surface area contributed by atoms with Gasteiger partial charge in [-0.15, -0.1) is 0 Å². The Hall–Kier alpha value is -2.75. The molecule has 0 aliphatic carbocycles. The van der Waals surface area contributed by atoms with Gasteiger partial charge in [-0.3, -0.25) is 4.79 Å². The highest BCUT2D eigenvalue weighted by Gasteiger charge is 2.75. The molecule has 1 aromatic rings. The van der Waals surface area contributed by atoms with Crippen LogP contribution < -0.4 is 9.47 Å². The van der Waals surface area contributed by atoms with Gasteiger partial charge in [-0.2, -0.15) is 0 Å². The molecule has 4 rings (SSSR count). The molecule has 8 nitrogen and oxygen atoms in total. The summed E-state index contributed by atoms with van der Waals surface area (Å²) in [4.78, 5) is 25.8. The van der Waals surface area contributed by atoms with Crippen molar-refractivity contribution < 1.29 is 42.4 Å². The Labute approximate surface area is 191 Å². The minimum atomic E-state index is -1.92. The molecule has 2 fully saturated rings. The SMILES string of the molecule is COCOc1cc(OC)cc2c1C(=O)O[C@@H](C)C=CC(F)C(=O)[C@H]1OC(C)(C)C3(C=C2)O[C@H]13. The van der Waals surface area contributed by atoms with Crippen molar-refractivity contribution in [3.63, 3.8) is 0 Å². The maximum atomic E-state index is 14.7. The summed E-state index contributed by atoms with van der Waals surface area (Å²) in [6.07, 6.45) is 1.39. The van der Waals surface area contributed by atoms with Crippen LogP contribution in [0.2, 0.25) is 0 Å². The van der Waals surface area contributed by atoms with Gasteiger partial charge < -0.3 is 28.4 Å². The number of rotatable bonds is 4. The van der Waals surface area contributed by atoms with Crippen LogP contribution in [-0.2, 0) is 23.7 Å². The number of ether oxygens (including phenoxy) is 6. The average molecular weight is 462 g/mol. The van der Waals surface area contributed by atoms with Crippen molar-refractivity contribution in [2.75, 3.05) is 21.0 Å². The number of cyclic esters (lactones) is 1. The number of halogens is 1. The Balaban J connectivity index is 1.85. The lowest BCUT2D eigenvalue weighted by Gasteiger charge is -2.27. The molecule has 2 bridgehead atoms. The normalized spacial score (nSPS) is 32.4. The zero-order chi connectivity index (χ0) is 24.0. The number of allylic oxidation sites excluding steroid dienone is 1. The van der Waals surface area contributed by atoms with Gasteiger partial charge in [0.1, 0.15) is 41.0 Å². The topological polar surface area (TPSA) is 92.8 Å². The maximum absolute atomic E-state index is 14.7. The summed E-state index contributed by atoms with van der Waals surface area (Å²) in [6, 6.07) is 3.22. The largest absolute Gasteiger partial charge is 0.497 e. The third kappa shape index (κ3) is 4.05. The summed E-state index contributed by atoms with van der Waals surface area (Å²) >= 11 is 0. The lowest BCUT2D eigenvalue weighted by atomic mass is 9.87. The Morgan fingerprint density at radius 3 is 2.55 bits per heavy atom. The van der Waals surface area contributed by atoms with Crippen LogP contribution in [0, 0.1) is 0 Å². The smallest absolute Gasteiger partial charge is 0.343 e. The van der Waals surface area contributed by atoms with Crippen molar-refractivity contribution in [2.45, 2.75) is 56.5 Å². The molecule has 178 valence electrons. The molecule has 0 N–H and O–H groups in total. The lowest BCUT2D eigenvalue weighted by molar-refractivity contribution is -0.148. The zero-order valence-electron chi connectivity index (χ0n) is 19.1. The molecule has 3 heterocycles. The van der Waals surface area contributed by atoms with Crippen LogP contribution in [0.3, 0.4) is 0 Å². The van der Waals surface area contributed by atoms with Crippen LogP contribution in [-0.4, -0.2) is 68.5 Å². The number of Topliss-reactive ketones (excluding diaryl/α,β-unsaturated/α-hetero) is 1. The molecule has 2 unspecified atom stereocenters. The van der Waals surface area contributed by atoms with E-state index in [4.69, 9.17) is 28.4 Å². The van der Waals surface area contributed by atoms with Crippen molar-refractivity contribution >= 4 is 17.8 Å². The van der Waals surface area contributed by atoms with E-state index < -0.39 is 47.4 Å². The Bertz CT molecular complexity index is 1020. The van der Waals surface area contributed by atoms with E-state index in [0.29, 0.717) is 11.3 Å². The summed E-state index contributed by atoms with van der Waals surface area (Å²) in [7, 11) is 2.96. The van der Waals surface area contributed by atoms with Gasteiger partial charge in [0, 0.05) is 13.2 Å². The zero-order valence-corrected chi connectivity index (χ0v) is 19.1. The number of fused-ring (bicyclic) bond motifs is 1. The van der Waals surface area contributed by atoms with Gasteiger partial charge in [-0.05, 0) is 50.6 Å². The summed E-state index contributed by atoms with van der Waals surface area (Å²) < 4.78 is 48.0. The number of carbonyl (C=O) groups excluding carboxylic acids is 2. The summed E-state index contributed by atoms with van der Waals surface area (Å²) in [5.74, 6) is -0.768. The molecule has 1 aromatic carbocycles. The number of hydrogen-bond acceptors (Lipinski definition) is 8. The molecule has 0 aromatic heterocycles. The summed E-state index contributed by atoms with van der Waals surface area (Å²) in [6.45, 7) is 5.02. The van der Waals surface area contributed by atoms with E-state index in [1.807, 2.05) is 0 Å². The van der Waals surface area contributed by atoms with Crippen molar-refractivity contribution in [3.05, 3.63) is 41.5 Å². The highest BCUT2D eigenvalue weighted by atomic mass is 19.1. The number of hydrogen-bond donors (Lipinski definition) is 0. The molecule has 0 spiro atoms. The number of benzene rings is 1. The van der Waals surface area contributed by atoms with Crippen molar-refractivity contribution in [2.24, 2.45) is 0 Å². The van der Waals surface area contributed by atoms with Gasteiger partial charge in [0.2, 0.25) is 5.78 Å². The van der Waals surface area contributed by atoms with Gasteiger partial charge in [0.15, 0.2) is 13.0 Å². The second kappa shape index (κ2) is 8.55. The van der Waals surface area contributed by atoms with Crippen LogP contribution >= 0.6 is 0 Å². The standard InChI is InChI=1S/C24H27FO8/c1-13-6-7-16(25)19(26)20-21-24(33-21,23(2,3)32-20)9-8-14-10-15(29-5)11-17(30-12-28-4)18(14)22(27)31-13/h6-11,13,16,20-21H,12H2,1-5H3/t13-,16?,20+,21+,24?/m0/s1. The van der Waals surface area contributed by atoms with Crippen molar-refractivity contribution in [1.29, 1.82) is 0 Å². The van der Waals surface area contributed by atoms with E-state index in [1.165, 1.54) is 20.3 Å². The third-order valence-corrected chi connectivity index (χ3v) is 6.11. The number of methoxy groups -OCH3 is 2. The van der Waals surface area contributed by atoms with E-state index in [2.05, 4.69) is 0 Å². The molecule has 5 atom stereocenters. The quantitative estimate of drug-likeness (QED) is 0.292. The first-order chi connectivity index (χ1) is 15.6. The molecule has 0 amide bonds. The molecular formula is C24H27FO8. The fraction of sp³-hybridized carbons (Fsp3) is 0.500. The Kier molecular flexibility index (Phi) is 6.07. The number of epoxide rings is 1. The predicted molar refractivity (Wildman–Crippen MR) is 115 cm³/mol. The summed E-state index contributed by atoms with van der Waals surface area (Å²) in [5.41, 5.74) is -1.25. The molecule has 3 aliphatic rings. The first-order valence-corrected chi connectivity index (χ1v) is 10.6. The molecule has 2 saturated heterocycles. The van der Waals surface area contributed by atoms with Crippen LogP contribution in [0.1, 0.15) is 36.7 Å². The molecule has 9 heteroatoms. The lowest BCUT2D eigenvalue weighted by Crippen LogP contribution is -2.39. The number of alkyl halides is 1. The van der Waals surface area contributed by atoms with Crippen LogP contribution in [0.5, 0.6) is 11.5 Å². The van der Waals surface area contributed by atoms with Crippen LogP contribution in [0.25, 0.3) is 6.08 Å². The van der Waals surface area contributed by atoms with Crippen LogP contribution in [0.15, 0.2) is 30.4 Å². The maximum Gasteiger partial charge on any atom is 0.343 e. The van der Waals surface area contributed by atoms with Gasteiger partial charge in [0.05, 0.1) is 12.7 Å². The third-order valence-electron chi connectivity index (χ3n) is 6.11. The first-order valence-electron chi connectivity index (χ1n) is 10.6. The van der Waals surface area contributed by atoms with E-state index in [1.54, 1.807) is 45.1 Å². The Morgan fingerprint density at radius 2 is 1.88 bits per heavy atom. The fourth-order valence-electron chi connectivity index (χ4n) is 4.26. The monoisotopic (exact) mass is 462 g/mol. The van der Waals surface area contributed by atoms with Gasteiger partial charge >= 0.3 is 5.97 Å². The molecule has 33 heavy (non-hydrogen) atoms. The van der Waals surface area contributed by atoms with Gasteiger partial charge in [-0.25, -0.2) is 9.18 Å². The van der Waals surface area contributed by atoms with Crippen molar-refractivity contribution in [1.82, 2.24) is 0 Å². The minimum absolute atomic E-state index is 0.102. The highest BCUT2D eigenvalue weighted by Crippen LogP contribution is 2.57. The highest BCUT2D eigenvalue weighted by molar-refractivity contribution is 5.97. The molecule has 3 aliphatic heterocycles. The second-order valence-electron chi connectivity index (χ2n) is 8.65. The first kappa shape index (κ1) is 23.4. The number of ketones is 1. The number of esters is 1.